The summed E-state index contributed by atoms with van der Waals surface area (Å²) in [7, 11) is 1.29. The first-order valence-corrected chi connectivity index (χ1v) is 7.21. The monoisotopic (exact) mass is 315 g/mol. The molecule has 0 aliphatic rings. The fraction of sp³-hybridized carbons (Fsp3) is 0.294. The molecule has 0 spiro atoms. The minimum absolute atomic E-state index is 0.145. The second kappa shape index (κ2) is 7.49. The molecule has 2 aromatic rings. The van der Waals surface area contributed by atoms with E-state index in [0.717, 1.165) is 10.8 Å². The van der Waals surface area contributed by atoms with Gasteiger partial charge in [0.05, 0.1) is 7.11 Å². The van der Waals surface area contributed by atoms with Crippen LogP contribution in [0.3, 0.4) is 0 Å². The van der Waals surface area contributed by atoms with Crippen LogP contribution in [0.25, 0.3) is 10.8 Å². The van der Waals surface area contributed by atoms with E-state index in [9.17, 15) is 19.6 Å². The van der Waals surface area contributed by atoms with Crippen molar-refractivity contribution in [1.29, 1.82) is 0 Å². The molecule has 0 saturated carbocycles. The van der Waals surface area contributed by atoms with Gasteiger partial charge >= 0.3 is 5.97 Å². The van der Waals surface area contributed by atoms with Gasteiger partial charge in [0.25, 0.3) is 0 Å². The molecule has 0 amide bonds. The highest BCUT2D eigenvalue weighted by Crippen LogP contribution is 2.22. The van der Waals surface area contributed by atoms with Crippen molar-refractivity contribution in [2.75, 3.05) is 7.11 Å². The number of carbonyl (C=O) groups is 2. The Balaban J connectivity index is 2.12. The first-order chi connectivity index (χ1) is 11.0. The SMILES string of the molecule is COC(=O)CCCC(N=O)C(=O)c1ccc2cc(O)ccc2c1. The molecule has 23 heavy (non-hydrogen) atoms. The Kier molecular flexibility index (Phi) is 5.41. The maximum atomic E-state index is 12.4. The number of nitroso groups, excluding NO2 is 1. The summed E-state index contributed by atoms with van der Waals surface area (Å²) < 4.78 is 4.52. The van der Waals surface area contributed by atoms with Crippen LogP contribution >= 0.6 is 0 Å². The normalized spacial score (nSPS) is 11.9. The topological polar surface area (TPSA) is 93.0 Å². The van der Waals surface area contributed by atoms with E-state index >= 15 is 0 Å². The van der Waals surface area contributed by atoms with Gasteiger partial charge < -0.3 is 9.84 Å². The van der Waals surface area contributed by atoms with Crippen LogP contribution in [-0.4, -0.2) is 30.0 Å². The number of methoxy groups -OCH3 is 1. The Morgan fingerprint density at radius 1 is 1.17 bits per heavy atom. The quantitative estimate of drug-likeness (QED) is 0.481. The summed E-state index contributed by atoms with van der Waals surface area (Å²) in [5.41, 5.74) is 0.380. The summed E-state index contributed by atoms with van der Waals surface area (Å²) >= 11 is 0. The molecule has 0 bridgehead atoms. The van der Waals surface area contributed by atoms with Crippen molar-refractivity contribution < 1.29 is 19.4 Å². The highest BCUT2D eigenvalue weighted by Gasteiger charge is 2.21. The summed E-state index contributed by atoms with van der Waals surface area (Å²) in [6.45, 7) is 0. The van der Waals surface area contributed by atoms with Crippen LogP contribution < -0.4 is 0 Å². The number of phenolic OH excluding ortho intramolecular Hbond substituents is 1. The van der Waals surface area contributed by atoms with Gasteiger partial charge in [-0.2, -0.15) is 4.91 Å². The average molecular weight is 315 g/mol. The van der Waals surface area contributed by atoms with E-state index in [0.29, 0.717) is 12.0 Å². The molecule has 2 rings (SSSR count). The molecule has 0 heterocycles. The standard InChI is InChI=1S/C17H17NO5/c1-23-16(20)4-2-3-15(18-22)17(21)13-6-5-12-10-14(19)8-7-11(12)9-13/h5-10,15,19H,2-4H2,1H3. The molecular weight excluding hydrogens is 298 g/mol. The molecule has 120 valence electrons. The maximum Gasteiger partial charge on any atom is 0.305 e. The van der Waals surface area contributed by atoms with E-state index in [1.807, 2.05) is 0 Å². The lowest BCUT2D eigenvalue weighted by molar-refractivity contribution is -0.140. The number of hydrogen-bond donors (Lipinski definition) is 1. The van der Waals surface area contributed by atoms with Crippen LogP contribution in [0.15, 0.2) is 41.6 Å². The van der Waals surface area contributed by atoms with Gasteiger partial charge in [-0.3, -0.25) is 9.59 Å². The molecule has 6 nitrogen and oxygen atoms in total. The number of aromatic hydroxyl groups is 1. The number of ketones is 1. The smallest absolute Gasteiger partial charge is 0.305 e. The van der Waals surface area contributed by atoms with Crippen molar-refractivity contribution in [3.63, 3.8) is 0 Å². The van der Waals surface area contributed by atoms with E-state index in [4.69, 9.17) is 0 Å². The molecule has 0 aromatic heterocycles. The number of rotatable bonds is 7. The van der Waals surface area contributed by atoms with Gasteiger partial charge in [0, 0.05) is 12.0 Å². The van der Waals surface area contributed by atoms with Gasteiger partial charge in [-0.05, 0) is 41.8 Å². The van der Waals surface area contributed by atoms with E-state index in [1.165, 1.54) is 13.2 Å². The van der Waals surface area contributed by atoms with Gasteiger partial charge in [-0.15, -0.1) is 0 Å². The molecule has 0 radical (unpaired) electrons. The van der Waals surface area contributed by atoms with Crippen LogP contribution in [0.5, 0.6) is 5.75 Å². The molecule has 0 aliphatic heterocycles. The number of fused-ring (bicyclic) bond motifs is 1. The summed E-state index contributed by atoms with van der Waals surface area (Å²) in [5.74, 6) is -0.612. The zero-order chi connectivity index (χ0) is 16.8. The molecular formula is C17H17NO5. The van der Waals surface area contributed by atoms with E-state index in [2.05, 4.69) is 9.91 Å². The Morgan fingerprint density at radius 2 is 1.87 bits per heavy atom. The molecule has 1 atom stereocenters. The van der Waals surface area contributed by atoms with Crippen molar-refractivity contribution >= 4 is 22.5 Å². The molecule has 1 unspecified atom stereocenters. The first kappa shape index (κ1) is 16.6. The van der Waals surface area contributed by atoms with Gasteiger partial charge in [0.2, 0.25) is 0 Å². The van der Waals surface area contributed by atoms with Gasteiger partial charge in [0.15, 0.2) is 11.8 Å². The summed E-state index contributed by atoms with van der Waals surface area (Å²) in [6, 6.07) is 8.77. The number of esters is 1. The number of carbonyl (C=O) groups excluding carboxylic acids is 2. The van der Waals surface area contributed by atoms with Crippen molar-refractivity contribution in [3.05, 3.63) is 46.9 Å². The lowest BCUT2D eigenvalue weighted by Crippen LogP contribution is -2.18. The third-order valence-electron chi connectivity index (χ3n) is 3.62. The number of Topliss-reactive ketones (excluding diaryl/α,β-unsaturated/α-hetero) is 1. The fourth-order valence-electron chi connectivity index (χ4n) is 2.35. The van der Waals surface area contributed by atoms with Gasteiger partial charge in [-0.25, -0.2) is 0 Å². The van der Waals surface area contributed by atoms with Crippen LogP contribution in [0.2, 0.25) is 0 Å². The molecule has 0 fully saturated rings. The van der Waals surface area contributed by atoms with E-state index in [1.54, 1.807) is 30.3 Å². The second-order valence-electron chi connectivity index (χ2n) is 5.20. The van der Waals surface area contributed by atoms with Crippen molar-refractivity contribution in [2.45, 2.75) is 25.3 Å². The Morgan fingerprint density at radius 3 is 2.57 bits per heavy atom. The van der Waals surface area contributed by atoms with Crippen LogP contribution in [0, 0.1) is 4.91 Å². The third-order valence-corrected chi connectivity index (χ3v) is 3.62. The zero-order valence-corrected chi connectivity index (χ0v) is 12.7. The zero-order valence-electron chi connectivity index (χ0n) is 12.7. The number of benzene rings is 2. The number of nitrogens with zero attached hydrogens (tertiary/aromatic N) is 1. The predicted octanol–water partition coefficient (Wildman–Crippen LogP) is 3.21. The van der Waals surface area contributed by atoms with Gasteiger partial charge in [0.1, 0.15) is 5.75 Å². The van der Waals surface area contributed by atoms with Gasteiger partial charge in [-0.1, -0.05) is 23.4 Å². The second-order valence-corrected chi connectivity index (χ2v) is 5.20. The summed E-state index contributed by atoms with van der Waals surface area (Å²) in [6.07, 6.45) is 0.702. The molecule has 0 aliphatic carbocycles. The summed E-state index contributed by atoms with van der Waals surface area (Å²) in [5, 5.41) is 13.9. The lowest BCUT2D eigenvalue weighted by atomic mass is 9.97. The van der Waals surface area contributed by atoms with Crippen LogP contribution in [0.1, 0.15) is 29.6 Å². The minimum Gasteiger partial charge on any atom is -0.508 e. The minimum atomic E-state index is -1.02. The first-order valence-electron chi connectivity index (χ1n) is 7.21. The average Bonchev–Trinajstić information content (AvgIpc) is 2.57. The third kappa shape index (κ3) is 4.12. The highest BCUT2D eigenvalue weighted by molar-refractivity contribution is 6.03. The molecule has 2 aromatic carbocycles. The number of ether oxygens (including phenoxy) is 1. The Hall–Kier alpha value is -2.76. The predicted molar refractivity (Wildman–Crippen MR) is 85.4 cm³/mol. The van der Waals surface area contributed by atoms with Crippen LogP contribution in [-0.2, 0) is 9.53 Å². The fourth-order valence-corrected chi connectivity index (χ4v) is 2.35. The van der Waals surface area contributed by atoms with Crippen LogP contribution in [0.4, 0.5) is 0 Å². The number of phenols is 1. The molecule has 6 heteroatoms. The van der Waals surface area contributed by atoms with E-state index in [-0.39, 0.29) is 30.3 Å². The van der Waals surface area contributed by atoms with Crippen molar-refractivity contribution in [2.24, 2.45) is 5.18 Å². The van der Waals surface area contributed by atoms with Crippen molar-refractivity contribution in [3.8, 4) is 5.75 Å². The largest absolute Gasteiger partial charge is 0.508 e. The Bertz CT molecular complexity index is 741. The molecule has 1 N–H and O–H groups in total. The van der Waals surface area contributed by atoms with E-state index < -0.39 is 6.04 Å². The highest BCUT2D eigenvalue weighted by atomic mass is 16.5. The number of hydrogen-bond acceptors (Lipinski definition) is 6. The maximum absolute atomic E-state index is 12.4. The lowest BCUT2D eigenvalue weighted by Gasteiger charge is -2.09. The summed E-state index contributed by atoms with van der Waals surface area (Å²) in [4.78, 5) is 34.4. The Labute approximate surface area is 133 Å². The van der Waals surface area contributed by atoms with Crippen molar-refractivity contribution in [1.82, 2.24) is 0 Å². The molecule has 0 saturated heterocycles.